The lowest BCUT2D eigenvalue weighted by atomic mass is 9.88. The maximum Gasteiger partial charge on any atom is 0.280 e. The SMILES string of the molecule is CN1CCC(NS(=O)(=O)N2CCCCCC2)(C(=N)N)CC1. The summed E-state index contributed by atoms with van der Waals surface area (Å²) < 4.78 is 29.6. The van der Waals surface area contributed by atoms with E-state index in [1.54, 1.807) is 0 Å². The Morgan fingerprint density at radius 3 is 2.10 bits per heavy atom. The van der Waals surface area contributed by atoms with Crippen molar-refractivity contribution in [1.82, 2.24) is 13.9 Å². The number of nitrogens with two attached hydrogens (primary N) is 1. The molecule has 0 atom stereocenters. The van der Waals surface area contributed by atoms with Crippen molar-refractivity contribution in [2.45, 2.75) is 44.1 Å². The van der Waals surface area contributed by atoms with E-state index in [-0.39, 0.29) is 5.84 Å². The van der Waals surface area contributed by atoms with Crippen LogP contribution in [0.4, 0.5) is 0 Å². The lowest BCUT2D eigenvalue weighted by Crippen LogP contribution is -2.63. The quantitative estimate of drug-likeness (QED) is 0.505. The minimum absolute atomic E-state index is 0.0750. The fourth-order valence-corrected chi connectivity index (χ4v) is 4.70. The molecular weight excluding hydrogens is 290 g/mol. The van der Waals surface area contributed by atoms with E-state index in [4.69, 9.17) is 11.1 Å². The van der Waals surface area contributed by atoms with Gasteiger partial charge in [-0.1, -0.05) is 12.8 Å². The lowest BCUT2D eigenvalue weighted by molar-refractivity contribution is 0.216. The average molecular weight is 317 g/mol. The van der Waals surface area contributed by atoms with Crippen molar-refractivity contribution in [3.63, 3.8) is 0 Å². The number of hydrogen-bond donors (Lipinski definition) is 3. The third-order valence-electron chi connectivity index (χ3n) is 4.59. The van der Waals surface area contributed by atoms with Crippen molar-refractivity contribution in [1.29, 1.82) is 5.41 Å². The number of piperidine rings is 1. The van der Waals surface area contributed by atoms with Gasteiger partial charge in [-0.3, -0.25) is 5.41 Å². The van der Waals surface area contributed by atoms with E-state index in [1.165, 1.54) is 4.31 Å². The molecule has 2 heterocycles. The zero-order chi connectivity index (χ0) is 15.5. The predicted octanol–water partition coefficient (Wildman–Crippen LogP) is 0.0972. The van der Waals surface area contributed by atoms with Crippen molar-refractivity contribution >= 4 is 16.0 Å². The predicted molar refractivity (Wildman–Crippen MR) is 83.5 cm³/mol. The summed E-state index contributed by atoms with van der Waals surface area (Å²) in [6, 6.07) is 0. The van der Waals surface area contributed by atoms with Gasteiger partial charge in [-0.2, -0.15) is 17.4 Å². The first-order chi connectivity index (χ1) is 9.86. The van der Waals surface area contributed by atoms with Gasteiger partial charge in [0.15, 0.2) is 0 Å². The minimum Gasteiger partial charge on any atom is -0.386 e. The van der Waals surface area contributed by atoms with Crippen LogP contribution in [0.1, 0.15) is 38.5 Å². The van der Waals surface area contributed by atoms with Crippen LogP contribution in [-0.4, -0.2) is 62.2 Å². The molecule has 0 unspecified atom stereocenters. The van der Waals surface area contributed by atoms with Gasteiger partial charge in [-0.05, 0) is 32.7 Å². The molecule has 8 heteroatoms. The standard InChI is InChI=1S/C13H27N5O2S/c1-17-10-6-13(7-11-17,12(14)15)16-21(19,20)18-8-4-2-3-5-9-18/h16H,2-11H2,1H3,(H3,14,15). The molecule has 0 aromatic rings. The second kappa shape index (κ2) is 6.60. The normalized spacial score (nSPS) is 25.4. The summed E-state index contributed by atoms with van der Waals surface area (Å²) in [5.74, 6) is -0.0750. The molecule has 2 fully saturated rings. The summed E-state index contributed by atoms with van der Waals surface area (Å²) in [5, 5.41) is 7.85. The van der Waals surface area contributed by atoms with Crippen molar-refractivity contribution < 1.29 is 8.42 Å². The summed E-state index contributed by atoms with van der Waals surface area (Å²) in [5.41, 5.74) is 4.82. The van der Waals surface area contributed by atoms with Gasteiger partial charge in [-0.25, -0.2) is 0 Å². The highest BCUT2D eigenvalue weighted by Gasteiger charge is 2.41. The zero-order valence-corrected chi connectivity index (χ0v) is 13.6. The Hall–Kier alpha value is -0.700. The van der Waals surface area contributed by atoms with Gasteiger partial charge >= 0.3 is 0 Å². The Morgan fingerprint density at radius 2 is 1.62 bits per heavy atom. The molecular formula is C13H27N5O2S. The Balaban J connectivity index is 2.13. The van der Waals surface area contributed by atoms with E-state index >= 15 is 0 Å². The summed E-state index contributed by atoms with van der Waals surface area (Å²) in [6.07, 6.45) is 5.05. The van der Waals surface area contributed by atoms with Crippen LogP contribution in [0.25, 0.3) is 0 Å². The highest BCUT2D eigenvalue weighted by atomic mass is 32.2. The zero-order valence-electron chi connectivity index (χ0n) is 12.8. The highest BCUT2D eigenvalue weighted by molar-refractivity contribution is 7.87. The van der Waals surface area contributed by atoms with Gasteiger partial charge in [-0.15, -0.1) is 0 Å². The largest absolute Gasteiger partial charge is 0.386 e. The smallest absolute Gasteiger partial charge is 0.280 e. The van der Waals surface area contributed by atoms with Crippen molar-refractivity contribution in [3.05, 3.63) is 0 Å². The first kappa shape index (κ1) is 16.7. The third kappa shape index (κ3) is 3.94. The molecule has 2 saturated heterocycles. The van der Waals surface area contributed by atoms with Crippen LogP contribution in [0, 0.1) is 5.41 Å². The third-order valence-corrected chi connectivity index (χ3v) is 6.28. The lowest BCUT2D eigenvalue weighted by Gasteiger charge is -2.40. The van der Waals surface area contributed by atoms with Gasteiger partial charge < -0.3 is 10.6 Å². The van der Waals surface area contributed by atoms with Crippen molar-refractivity contribution in [2.75, 3.05) is 33.2 Å². The van der Waals surface area contributed by atoms with Crippen LogP contribution in [0.5, 0.6) is 0 Å². The first-order valence-electron chi connectivity index (χ1n) is 7.68. The number of amidine groups is 1. The molecule has 4 N–H and O–H groups in total. The van der Waals surface area contributed by atoms with Gasteiger partial charge in [0.1, 0.15) is 5.84 Å². The van der Waals surface area contributed by atoms with Crippen molar-refractivity contribution in [3.8, 4) is 0 Å². The van der Waals surface area contributed by atoms with E-state index in [2.05, 4.69) is 9.62 Å². The van der Waals surface area contributed by atoms with E-state index in [0.29, 0.717) is 25.9 Å². The number of hydrogen-bond acceptors (Lipinski definition) is 4. The van der Waals surface area contributed by atoms with Gasteiger partial charge in [0.05, 0.1) is 5.54 Å². The molecule has 0 bridgehead atoms. The molecule has 0 spiro atoms. The monoisotopic (exact) mass is 317 g/mol. The number of likely N-dealkylation sites (tertiary alicyclic amines) is 1. The van der Waals surface area contributed by atoms with Gasteiger partial charge in [0.2, 0.25) is 0 Å². The molecule has 2 aliphatic rings. The molecule has 0 aromatic heterocycles. The Labute approximate surface area is 127 Å². The molecule has 0 aromatic carbocycles. The number of nitrogens with zero attached hydrogens (tertiary/aromatic N) is 2. The van der Waals surface area contributed by atoms with Crippen LogP contribution in [0.2, 0.25) is 0 Å². The Bertz CT molecular complexity index is 463. The van der Waals surface area contributed by atoms with Gasteiger partial charge in [0, 0.05) is 26.2 Å². The van der Waals surface area contributed by atoms with Crippen LogP contribution in [0.15, 0.2) is 0 Å². The van der Waals surface area contributed by atoms with Crippen LogP contribution < -0.4 is 10.5 Å². The fraction of sp³-hybridized carbons (Fsp3) is 0.923. The topological polar surface area (TPSA) is 103 Å². The van der Waals surface area contributed by atoms with E-state index in [1.807, 2.05) is 7.05 Å². The second-order valence-corrected chi connectivity index (χ2v) is 7.89. The second-order valence-electron chi connectivity index (χ2n) is 6.22. The van der Waals surface area contributed by atoms with Gasteiger partial charge in [0.25, 0.3) is 10.2 Å². The molecule has 2 aliphatic heterocycles. The number of nitrogens with one attached hydrogen (secondary N) is 2. The molecule has 21 heavy (non-hydrogen) atoms. The Morgan fingerprint density at radius 1 is 1.10 bits per heavy atom. The Kier molecular flexibility index (Phi) is 5.24. The van der Waals surface area contributed by atoms with Crippen molar-refractivity contribution in [2.24, 2.45) is 5.73 Å². The summed E-state index contributed by atoms with van der Waals surface area (Å²) >= 11 is 0. The molecule has 7 nitrogen and oxygen atoms in total. The molecule has 0 amide bonds. The molecule has 0 saturated carbocycles. The summed E-state index contributed by atoms with van der Waals surface area (Å²) in [7, 11) is -1.59. The first-order valence-corrected chi connectivity index (χ1v) is 9.12. The van der Waals surface area contributed by atoms with Crippen LogP contribution in [0.3, 0.4) is 0 Å². The summed E-state index contributed by atoms with van der Waals surface area (Å²) in [6.45, 7) is 2.59. The highest BCUT2D eigenvalue weighted by Crippen LogP contribution is 2.24. The van der Waals surface area contributed by atoms with E-state index in [0.717, 1.165) is 38.8 Å². The molecule has 2 rings (SSSR count). The minimum atomic E-state index is -3.58. The molecule has 122 valence electrons. The molecule has 0 radical (unpaired) electrons. The fourth-order valence-electron chi connectivity index (χ4n) is 3.02. The van der Waals surface area contributed by atoms with E-state index < -0.39 is 15.7 Å². The number of rotatable bonds is 4. The summed E-state index contributed by atoms with van der Waals surface area (Å²) in [4.78, 5) is 2.13. The van der Waals surface area contributed by atoms with E-state index in [9.17, 15) is 8.42 Å². The maximum absolute atomic E-state index is 12.6. The average Bonchev–Trinajstić information content (AvgIpc) is 2.70. The van der Waals surface area contributed by atoms with Crippen LogP contribution in [-0.2, 0) is 10.2 Å². The molecule has 0 aliphatic carbocycles. The van der Waals surface area contributed by atoms with Crippen LogP contribution >= 0.6 is 0 Å². The maximum atomic E-state index is 12.6.